The number of likely N-dealkylation sites (N-methyl/N-ethyl adjacent to an activating group) is 1. The summed E-state index contributed by atoms with van der Waals surface area (Å²) in [5.74, 6) is -0.196. The predicted molar refractivity (Wildman–Crippen MR) is 68.2 cm³/mol. The molecule has 0 N–H and O–H groups in total. The topological polar surface area (TPSA) is 72.7 Å². The molecule has 0 aliphatic carbocycles. The Morgan fingerprint density at radius 1 is 1.50 bits per heavy atom. The Morgan fingerprint density at radius 2 is 2.17 bits per heavy atom. The quantitative estimate of drug-likeness (QED) is 0.439. The molecule has 1 rings (SSSR count). The maximum absolute atomic E-state index is 11.5. The number of carbonyl (C=O) groups excluding carboxylic acids is 1. The average Bonchev–Trinajstić information content (AvgIpc) is 2.34. The molecule has 0 saturated carbocycles. The van der Waals surface area contributed by atoms with Gasteiger partial charge >= 0.3 is 0 Å². The van der Waals surface area contributed by atoms with Gasteiger partial charge in [0.05, 0.1) is 11.5 Å². The van der Waals surface area contributed by atoms with Gasteiger partial charge in [-0.3, -0.25) is 14.9 Å². The van der Waals surface area contributed by atoms with E-state index in [1.165, 1.54) is 19.1 Å². The third-order valence-corrected chi connectivity index (χ3v) is 2.61. The minimum absolute atomic E-state index is 0.0795. The van der Waals surface area contributed by atoms with Gasteiger partial charge in [-0.1, -0.05) is 0 Å². The Morgan fingerprint density at radius 3 is 2.67 bits per heavy atom. The molecule has 0 bridgehead atoms. The van der Waals surface area contributed by atoms with Gasteiger partial charge in [-0.2, -0.15) is 0 Å². The van der Waals surface area contributed by atoms with Gasteiger partial charge in [0.15, 0.2) is 5.78 Å². The first-order chi connectivity index (χ1) is 8.47. The van der Waals surface area contributed by atoms with Crippen LogP contribution < -0.4 is 4.90 Å². The van der Waals surface area contributed by atoms with E-state index in [4.69, 9.17) is 4.74 Å². The molecule has 1 aromatic rings. The van der Waals surface area contributed by atoms with E-state index in [-0.39, 0.29) is 11.5 Å². The molecular weight excluding hydrogens is 236 g/mol. The van der Waals surface area contributed by atoms with Crippen molar-refractivity contribution in [2.75, 3.05) is 32.2 Å². The van der Waals surface area contributed by atoms with Crippen molar-refractivity contribution in [3.05, 3.63) is 33.9 Å². The smallest absolute Gasteiger partial charge is 0.270 e. The molecule has 0 spiro atoms. The summed E-state index contributed by atoms with van der Waals surface area (Å²) in [5.41, 5.74) is 0.942. The molecule has 0 fully saturated rings. The molecular formula is C12H16N2O4. The molecule has 0 radical (unpaired) electrons. The Labute approximate surface area is 105 Å². The summed E-state index contributed by atoms with van der Waals surface area (Å²) in [6.07, 6.45) is 0. The van der Waals surface area contributed by atoms with Crippen LogP contribution in [0.2, 0.25) is 0 Å². The summed E-state index contributed by atoms with van der Waals surface area (Å²) in [7, 11) is 3.40. The highest BCUT2D eigenvalue weighted by Gasteiger charge is 2.16. The van der Waals surface area contributed by atoms with Gasteiger partial charge in [-0.25, -0.2) is 0 Å². The molecule has 6 heteroatoms. The summed E-state index contributed by atoms with van der Waals surface area (Å²) in [6.45, 7) is 2.52. The van der Waals surface area contributed by atoms with Crippen LogP contribution in [0.1, 0.15) is 17.3 Å². The maximum Gasteiger partial charge on any atom is 0.270 e. The molecule has 98 valence electrons. The maximum atomic E-state index is 11.5. The zero-order valence-electron chi connectivity index (χ0n) is 10.7. The van der Waals surface area contributed by atoms with E-state index in [1.54, 1.807) is 13.2 Å². The number of nitro benzene ring substituents is 1. The van der Waals surface area contributed by atoms with E-state index < -0.39 is 4.92 Å². The van der Waals surface area contributed by atoms with Crippen molar-refractivity contribution in [2.24, 2.45) is 0 Å². The number of methoxy groups -OCH3 is 1. The van der Waals surface area contributed by atoms with Crippen LogP contribution in [-0.2, 0) is 4.74 Å². The van der Waals surface area contributed by atoms with E-state index in [2.05, 4.69) is 0 Å². The minimum atomic E-state index is -0.509. The third-order valence-electron chi connectivity index (χ3n) is 2.61. The van der Waals surface area contributed by atoms with E-state index in [9.17, 15) is 14.9 Å². The van der Waals surface area contributed by atoms with Crippen LogP contribution in [0, 0.1) is 10.1 Å². The lowest BCUT2D eigenvalue weighted by Crippen LogP contribution is -2.23. The molecule has 6 nitrogen and oxygen atoms in total. The van der Waals surface area contributed by atoms with Crippen molar-refractivity contribution in [3.8, 4) is 0 Å². The van der Waals surface area contributed by atoms with Gasteiger partial charge in [0.1, 0.15) is 0 Å². The van der Waals surface area contributed by atoms with E-state index in [0.29, 0.717) is 24.4 Å². The molecule has 0 aromatic heterocycles. The van der Waals surface area contributed by atoms with Crippen LogP contribution in [-0.4, -0.2) is 38.0 Å². The highest BCUT2D eigenvalue weighted by atomic mass is 16.6. The summed E-state index contributed by atoms with van der Waals surface area (Å²) in [5, 5.41) is 10.7. The first-order valence-electron chi connectivity index (χ1n) is 5.46. The summed E-state index contributed by atoms with van der Waals surface area (Å²) >= 11 is 0. The molecule has 0 heterocycles. The number of non-ortho nitro benzene ring substituents is 1. The highest BCUT2D eigenvalue weighted by molar-refractivity contribution is 6.00. The number of carbonyl (C=O) groups is 1. The predicted octanol–water partition coefficient (Wildman–Crippen LogP) is 1.88. The van der Waals surface area contributed by atoms with Crippen LogP contribution in [0.3, 0.4) is 0 Å². The van der Waals surface area contributed by atoms with Gasteiger partial charge in [-0.05, 0) is 13.0 Å². The Kier molecular flexibility index (Phi) is 4.79. The van der Waals surface area contributed by atoms with Crippen LogP contribution in [0.25, 0.3) is 0 Å². The van der Waals surface area contributed by atoms with Gasteiger partial charge in [0, 0.05) is 44.1 Å². The van der Waals surface area contributed by atoms with Crippen LogP contribution in [0.5, 0.6) is 0 Å². The first kappa shape index (κ1) is 14.1. The molecule has 0 aliphatic rings. The summed E-state index contributed by atoms with van der Waals surface area (Å²) in [4.78, 5) is 23.6. The van der Waals surface area contributed by atoms with Gasteiger partial charge in [0.25, 0.3) is 5.69 Å². The fraction of sp³-hybridized carbons (Fsp3) is 0.417. The number of ether oxygens (including phenoxy) is 1. The number of rotatable bonds is 6. The monoisotopic (exact) mass is 252 g/mol. The van der Waals surface area contributed by atoms with E-state index in [1.807, 2.05) is 11.9 Å². The Bertz CT molecular complexity index is 459. The van der Waals surface area contributed by atoms with Gasteiger partial charge < -0.3 is 9.64 Å². The second kappa shape index (κ2) is 6.11. The number of anilines is 1. The molecule has 0 saturated heterocycles. The van der Waals surface area contributed by atoms with Crippen molar-refractivity contribution in [1.82, 2.24) is 0 Å². The Balaban J connectivity index is 3.11. The number of benzene rings is 1. The second-order valence-corrected chi connectivity index (χ2v) is 3.93. The van der Waals surface area contributed by atoms with Gasteiger partial charge in [0.2, 0.25) is 0 Å². The van der Waals surface area contributed by atoms with Crippen molar-refractivity contribution in [1.29, 1.82) is 0 Å². The first-order valence-corrected chi connectivity index (χ1v) is 5.46. The average molecular weight is 252 g/mol. The molecule has 0 aliphatic heterocycles. The van der Waals surface area contributed by atoms with Crippen molar-refractivity contribution >= 4 is 17.2 Å². The largest absolute Gasteiger partial charge is 0.383 e. The van der Waals surface area contributed by atoms with Crippen LogP contribution >= 0.6 is 0 Å². The molecule has 0 atom stereocenters. The van der Waals surface area contributed by atoms with Crippen molar-refractivity contribution in [2.45, 2.75) is 6.92 Å². The fourth-order valence-electron chi connectivity index (χ4n) is 1.60. The SMILES string of the molecule is COCCN(C)c1ccc([N+](=O)[O-])cc1C(C)=O. The zero-order chi connectivity index (χ0) is 13.7. The number of ketones is 1. The zero-order valence-corrected chi connectivity index (χ0v) is 10.7. The molecule has 1 aromatic carbocycles. The summed E-state index contributed by atoms with van der Waals surface area (Å²) in [6, 6.07) is 4.29. The van der Waals surface area contributed by atoms with E-state index in [0.717, 1.165) is 0 Å². The van der Waals surface area contributed by atoms with Crippen LogP contribution in [0.15, 0.2) is 18.2 Å². The van der Waals surface area contributed by atoms with E-state index >= 15 is 0 Å². The fourth-order valence-corrected chi connectivity index (χ4v) is 1.60. The standard InChI is InChI=1S/C12H16N2O4/c1-9(15)11-8-10(14(16)17)4-5-12(11)13(2)6-7-18-3/h4-5,8H,6-7H2,1-3H3. The third kappa shape index (κ3) is 3.27. The van der Waals surface area contributed by atoms with Gasteiger partial charge in [-0.15, -0.1) is 0 Å². The normalized spacial score (nSPS) is 10.2. The number of hydrogen-bond acceptors (Lipinski definition) is 5. The van der Waals surface area contributed by atoms with Crippen molar-refractivity contribution in [3.63, 3.8) is 0 Å². The summed E-state index contributed by atoms with van der Waals surface area (Å²) < 4.78 is 4.96. The lowest BCUT2D eigenvalue weighted by molar-refractivity contribution is -0.384. The number of Topliss-reactive ketones (excluding diaryl/α,β-unsaturated/α-hetero) is 1. The molecule has 18 heavy (non-hydrogen) atoms. The number of hydrogen-bond donors (Lipinski definition) is 0. The number of nitro groups is 1. The number of nitrogens with zero attached hydrogens (tertiary/aromatic N) is 2. The minimum Gasteiger partial charge on any atom is -0.383 e. The molecule has 0 amide bonds. The lowest BCUT2D eigenvalue weighted by Gasteiger charge is -2.21. The Hall–Kier alpha value is -1.95. The molecule has 0 unspecified atom stereocenters. The van der Waals surface area contributed by atoms with Crippen LogP contribution in [0.4, 0.5) is 11.4 Å². The second-order valence-electron chi connectivity index (χ2n) is 3.93. The van der Waals surface area contributed by atoms with Crippen molar-refractivity contribution < 1.29 is 14.5 Å². The highest BCUT2D eigenvalue weighted by Crippen LogP contribution is 2.25. The lowest BCUT2D eigenvalue weighted by atomic mass is 10.1.